The van der Waals surface area contributed by atoms with Gasteiger partial charge in [0, 0.05) is 0 Å². The summed E-state index contributed by atoms with van der Waals surface area (Å²) in [6.07, 6.45) is 3.00. The van der Waals surface area contributed by atoms with Crippen molar-refractivity contribution in [2.24, 2.45) is 0 Å². The minimum absolute atomic E-state index is 1.11. The topological polar surface area (TPSA) is 0 Å². The standard InChI is InChI=1S/C3H5.Mg/c1-2-3-1;/h1H,2-3H2;/q;+1. The van der Waals surface area contributed by atoms with E-state index in [0.717, 1.165) is 4.05 Å². The van der Waals surface area contributed by atoms with Crippen molar-refractivity contribution >= 4 is 21.7 Å². The SMILES string of the molecule is [Mg+][CH]1CC1. The molecule has 0 nitrogen and oxygen atoms in total. The molecule has 1 heteroatoms. The normalized spacial score (nSPS) is 26.5. The second-order valence-electron chi connectivity index (χ2n) is 1.44. The van der Waals surface area contributed by atoms with Crippen molar-refractivity contribution in [1.29, 1.82) is 0 Å². The molecule has 0 spiro atoms. The van der Waals surface area contributed by atoms with Crippen LogP contribution in [0, 0.1) is 0 Å². The summed E-state index contributed by atoms with van der Waals surface area (Å²) >= 11 is 2.11. The van der Waals surface area contributed by atoms with E-state index in [1.807, 2.05) is 0 Å². The van der Waals surface area contributed by atoms with E-state index in [4.69, 9.17) is 0 Å². The third-order valence-corrected chi connectivity index (χ3v) is 1.51. The molecule has 0 amide bonds. The van der Waals surface area contributed by atoms with Crippen molar-refractivity contribution in [3.63, 3.8) is 0 Å². The Balaban J connectivity index is 2.17. The zero-order valence-electron chi connectivity index (χ0n) is 2.70. The first kappa shape index (κ1) is 2.98. The number of hydrogen-bond donors (Lipinski definition) is 0. The van der Waals surface area contributed by atoms with Gasteiger partial charge < -0.3 is 0 Å². The molecule has 0 aromatic heterocycles. The van der Waals surface area contributed by atoms with E-state index in [1.165, 1.54) is 12.8 Å². The van der Waals surface area contributed by atoms with Crippen LogP contribution in [0.5, 0.6) is 0 Å². The van der Waals surface area contributed by atoms with Crippen molar-refractivity contribution in [1.82, 2.24) is 0 Å². The van der Waals surface area contributed by atoms with Gasteiger partial charge in [-0.3, -0.25) is 0 Å². The second-order valence-corrected chi connectivity index (χ2v) is 2.60. The first-order chi connectivity index (χ1) is 1.89. The summed E-state index contributed by atoms with van der Waals surface area (Å²) in [6, 6.07) is 0. The quantitative estimate of drug-likeness (QED) is 0.365. The fourth-order valence-electron chi connectivity index (χ4n) is 0.118. The Bertz CT molecular complexity index is 22.5. The molecule has 0 radical (unpaired) electrons. The summed E-state index contributed by atoms with van der Waals surface area (Å²) in [5, 5.41) is 0. The molecule has 4 heavy (non-hydrogen) atoms. The Hall–Kier alpha value is 0.766. The van der Waals surface area contributed by atoms with Gasteiger partial charge in [0.25, 0.3) is 0 Å². The zero-order valence-corrected chi connectivity index (χ0v) is 4.11. The van der Waals surface area contributed by atoms with Gasteiger partial charge in [-0.05, 0) is 0 Å². The van der Waals surface area contributed by atoms with Crippen molar-refractivity contribution in [2.75, 3.05) is 0 Å². The molecule has 0 N–H and O–H groups in total. The molecule has 0 atom stereocenters. The van der Waals surface area contributed by atoms with Gasteiger partial charge in [0.2, 0.25) is 0 Å². The Morgan fingerprint density at radius 2 is 1.75 bits per heavy atom. The third-order valence-electron chi connectivity index (χ3n) is 0.697. The summed E-state index contributed by atoms with van der Waals surface area (Å²) in [5.41, 5.74) is 0. The van der Waals surface area contributed by atoms with Crippen LogP contribution < -0.4 is 0 Å². The van der Waals surface area contributed by atoms with Gasteiger partial charge in [-0.25, -0.2) is 0 Å². The van der Waals surface area contributed by atoms with E-state index >= 15 is 0 Å². The average Bonchev–Trinajstić information content (AvgIpc) is 1.75. The Kier molecular flexibility index (Phi) is 0.645. The van der Waals surface area contributed by atoms with E-state index in [9.17, 15) is 0 Å². The van der Waals surface area contributed by atoms with Gasteiger partial charge in [0.1, 0.15) is 0 Å². The van der Waals surface area contributed by atoms with Crippen molar-refractivity contribution in [2.45, 2.75) is 16.9 Å². The number of hydrogen-bond acceptors (Lipinski definition) is 0. The molecule has 1 rings (SSSR count). The van der Waals surface area contributed by atoms with Gasteiger partial charge in [-0.2, -0.15) is 0 Å². The van der Waals surface area contributed by atoms with Crippen LogP contribution >= 0.6 is 0 Å². The van der Waals surface area contributed by atoms with Crippen LogP contribution in [0.15, 0.2) is 0 Å². The fraction of sp³-hybridized carbons (Fsp3) is 1.00. The van der Waals surface area contributed by atoms with Crippen LogP contribution in [-0.2, 0) is 0 Å². The molecule has 1 fully saturated rings. The minimum atomic E-state index is 1.11. The molecule has 1 aliphatic rings. The van der Waals surface area contributed by atoms with Gasteiger partial charge >= 0.3 is 38.6 Å². The van der Waals surface area contributed by atoms with Gasteiger partial charge in [0.15, 0.2) is 0 Å². The predicted molar refractivity (Wildman–Crippen MR) is 18.7 cm³/mol. The Morgan fingerprint density at radius 3 is 1.75 bits per heavy atom. The van der Waals surface area contributed by atoms with Crippen LogP contribution in [0.3, 0.4) is 0 Å². The van der Waals surface area contributed by atoms with Crippen LogP contribution in [0.1, 0.15) is 12.8 Å². The van der Waals surface area contributed by atoms with Crippen LogP contribution in [-0.4, -0.2) is 21.7 Å². The Labute approximate surface area is 39.0 Å². The summed E-state index contributed by atoms with van der Waals surface area (Å²) in [4.78, 5) is 0. The summed E-state index contributed by atoms with van der Waals surface area (Å²) < 4.78 is 1.11. The third kappa shape index (κ3) is 0.608. The molecule has 0 heterocycles. The van der Waals surface area contributed by atoms with E-state index < -0.39 is 0 Å². The second kappa shape index (κ2) is 0.867. The van der Waals surface area contributed by atoms with E-state index in [0.29, 0.717) is 0 Å². The predicted octanol–water partition coefficient (Wildman–Crippen LogP) is 0.737. The molecule has 0 aromatic rings. The molecule has 0 saturated heterocycles. The molecule has 0 unspecified atom stereocenters. The van der Waals surface area contributed by atoms with Crippen molar-refractivity contribution in [3.8, 4) is 0 Å². The van der Waals surface area contributed by atoms with Crippen LogP contribution in [0.2, 0.25) is 4.05 Å². The van der Waals surface area contributed by atoms with E-state index in [2.05, 4.69) is 21.7 Å². The van der Waals surface area contributed by atoms with Crippen LogP contribution in [0.4, 0.5) is 0 Å². The maximum absolute atomic E-state index is 2.11. The molecular formula is C3H5Mg+. The average molecular weight is 65.4 g/mol. The van der Waals surface area contributed by atoms with Gasteiger partial charge in [-0.1, -0.05) is 0 Å². The molecule has 0 aliphatic heterocycles. The van der Waals surface area contributed by atoms with E-state index in [-0.39, 0.29) is 0 Å². The molecule has 0 aromatic carbocycles. The number of rotatable bonds is 0. The first-order valence-corrected chi connectivity index (χ1v) is 2.54. The summed E-state index contributed by atoms with van der Waals surface area (Å²) in [5.74, 6) is 0. The molecular weight excluding hydrogens is 60.3 g/mol. The van der Waals surface area contributed by atoms with Gasteiger partial charge in [-0.15, -0.1) is 0 Å². The first-order valence-electron chi connectivity index (χ1n) is 1.72. The molecule has 1 saturated carbocycles. The summed E-state index contributed by atoms with van der Waals surface area (Å²) in [6.45, 7) is 0. The molecule has 0 bridgehead atoms. The Morgan fingerprint density at radius 1 is 1.50 bits per heavy atom. The monoisotopic (exact) mass is 65.0 g/mol. The molecule has 1 aliphatic carbocycles. The van der Waals surface area contributed by atoms with Crippen molar-refractivity contribution < 1.29 is 0 Å². The molecule has 18 valence electrons. The maximum atomic E-state index is 2.11. The van der Waals surface area contributed by atoms with Crippen LogP contribution in [0.25, 0.3) is 0 Å². The zero-order chi connectivity index (χ0) is 2.99. The van der Waals surface area contributed by atoms with Crippen molar-refractivity contribution in [3.05, 3.63) is 0 Å². The summed E-state index contributed by atoms with van der Waals surface area (Å²) in [7, 11) is 0. The van der Waals surface area contributed by atoms with Gasteiger partial charge in [0.05, 0.1) is 0 Å². The van der Waals surface area contributed by atoms with E-state index in [1.54, 1.807) is 0 Å². The fourth-order valence-corrected chi connectivity index (χ4v) is 0.354.